The summed E-state index contributed by atoms with van der Waals surface area (Å²) in [5.41, 5.74) is 4.94. The lowest BCUT2D eigenvalue weighted by atomic mass is 10.0. The summed E-state index contributed by atoms with van der Waals surface area (Å²) < 4.78 is 28.5. The van der Waals surface area contributed by atoms with Gasteiger partial charge in [0, 0.05) is 6.20 Å². The molecule has 0 aliphatic heterocycles. The van der Waals surface area contributed by atoms with Crippen molar-refractivity contribution in [2.75, 3.05) is 18.9 Å². The maximum Gasteiger partial charge on any atom is 0.494 e. The van der Waals surface area contributed by atoms with Crippen molar-refractivity contribution in [3.63, 3.8) is 0 Å². The number of imidazole rings is 1. The molecule has 35 heavy (non-hydrogen) atoms. The number of carbonyl (C=O) groups excluding carboxylic acids is 2. The molecule has 2 heterocycles. The normalized spacial score (nSPS) is 19.8. The van der Waals surface area contributed by atoms with Crippen LogP contribution in [0.1, 0.15) is 41.0 Å². The lowest BCUT2D eigenvalue weighted by molar-refractivity contribution is -0.149. The third kappa shape index (κ3) is 6.43. The van der Waals surface area contributed by atoms with Crippen LogP contribution in [0.15, 0.2) is 16.7 Å². The first kappa shape index (κ1) is 26.3. The third-order valence-electron chi connectivity index (χ3n) is 5.32. The van der Waals surface area contributed by atoms with Crippen LogP contribution in [0.4, 0.5) is 10.7 Å². The summed E-state index contributed by atoms with van der Waals surface area (Å²) in [5.74, 6) is -0.937. The quantitative estimate of drug-likeness (QED) is 0.334. The van der Waals surface area contributed by atoms with Crippen LogP contribution >= 0.6 is 8.69 Å². The largest absolute Gasteiger partial charge is 0.494 e. The zero-order valence-corrected chi connectivity index (χ0v) is 21.2. The van der Waals surface area contributed by atoms with Gasteiger partial charge in [0.2, 0.25) is 5.95 Å². The molecule has 1 aliphatic rings. The highest BCUT2D eigenvalue weighted by Crippen LogP contribution is 2.53. The molecule has 0 bridgehead atoms. The summed E-state index contributed by atoms with van der Waals surface area (Å²) in [6, 6.07) is -0.924. The minimum atomic E-state index is -0.987. The minimum Gasteiger partial charge on any atom is -0.463 e. The summed E-state index contributed by atoms with van der Waals surface area (Å²) in [5, 5.41) is 2.56. The number of nitrogens with zero attached hydrogens (tertiary/aromatic N) is 3. The Bertz CT molecular complexity index is 1210. The van der Waals surface area contributed by atoms with Crippen molar-refractivity contribution in [3.05, 3.63) is 22.3 Å². The van der Waals surface area contributed by atoms with E-state index in [1.807, 2.05) is 0 Å². The Morgan fingerprint density at radius 2 is 2.09 bits per heavy atom. The number of amides is 1. The van der Waals surface area contributed by atoms with Crippen LogP contribution in [-0.2, 0) is 23.4 Å². The molecule has 190 valence electrons. The molecule has 4 N–H and O–H groups in total. The highest BCUT2D eigenvalue weighted by Gasteiger charge is 2.52. The lowest BCUT2D eigenvalue weighted by Gasteiger charge is -2.25. The highest BCUT2D eigenvalue weighted by molar-refractivity contribution is 7.17. The monoisotopic (exact) mass is 509 g/mol. The molecule has 1 amide bonds. The van der Waals surface area contributed by atoms with E-state index in [0.29, 0.717) is 6.42 Å². The van der Waals surface area contributed by atoms with Crippen molar-refractivity contribution < 1.29 is 28.2 Å². The second-order valence-corrected chi connectivity index (χ2v) is 10.2. The summed E-state index contributed by atoms with van der Waals surface area (Å²) in [4.78, 5) is 47.6. The number of carbonyl (C=O) groups is 2. The van der Waals surface area contributed by atoms with Crippen molar-refractivity contribution in [1.29, 1.82) is 0 Å². The number of alkyl carbamates (subject to hydrolysis) is 1. The van der Waals surface area contributed by atoms with E-state index < -0.39 is 43.4 Å². The molecule has 1 saturated carbocycles. The average molecular weight is 509 g/mol. The molecule has 13 nitrogen and oxygen atoms in total. The second-order valence-electron chi connectivity index (χ2n) is 9.73. The Hall–Kier alpha value is -3.31. The van der Waals surface area contributed by atoms with E-state index in [9.17, 15) is 18.9 Å². The number of anilines is 1. The maximum absolute atomic E-state index is 12.8. The molecule has 1 aliphatic carbocycles. The van der Waals surface area contributed by atoms with Crippen LogP contribution in [0.3, 0.4) is 0 Å². The minimum absolute atomic E-state index is 0.0443. The van der Waals surface area contributed by atoms with Crippen LogP contribution in [0, 0.1) is 11.3 Å². The zero-order chi connectivity index (χ0) is 26.0. The fourth-order valence-corrected chi connectivity index (χ4v) is 3.77. The van der Waals surface area contributed by atoms with Crippen LogP contribution in [0.5, 0.6) is 0 Å². The van der Waals surface area contributed by atoms with Gasteiger partial charge in [0.1, 0.15) is 31.2 Å². The number of hydrogen-bond donors (Lipinski definition) is 3. The van der Waals surface area contributed by atoms with E-state index in [0.717, 1.165) is 5.57 Å². The van der Waals surface area contributed by atoms with Crippen LogP contribution in [0.2, 0.25) is 0 Å². The van der Waals surface area contributed by atoms with E-state index in [4.69, 9.17) is 19.7 Å². The van der Waals surface area contributed by atoms with E-state index in [-0.39, 0.29) is 36.2 Å². The van der Waals surface area contributed by atoms with Crippen molar-refractivity contribution in [1.82, 2.24) is 24.8 Å². The van der Waals surface area contributed by atoms with Gasteiger partial charge >= 0.3 is 20.7 Å². The summed E-state index contributed by atoms with van der Waals surface area (Å²) >= 11 is 0. The SMILES string of the molecule is CC(C)[C@H](NC(=O)OC(C)(C)C)C(=O)OCC1(CO[PH+]=O)C/C1=C/n1cnc2c(=O)[nH]c(N)nc21. The van der Waals surface area contributed by atoms with Gasteiger partial charge in [0.15, 0.2) is 11.2 Å². The Morgan fingerprint density at radius 3 is 2.71 bits per heavy atom. The average Bonchev–Trinajstić information content (AvgIpc) is 3.27. The summed E-state index contributed by atoms with van der Waals surface area (Å²) in [6.07, 6.45) is 2.88. The molecule has 0 radical (unpaired) electrons. The number of nitrogens with one attached hydrogen (secondary N) is 2. The molecule has 2 aromatic rings. The van der Waals surface area contributed by atoms with E-state index in [2.05, 4.69) is 20.3 Å². The molecule has 3 atom stereocenters. The zero-order valence-electron chi connectivity index (χ0n) is 20.2. The number of nitrogens with two attached hydrogens (primary N) is 1. The standard InChI is InChI=1S/C21H29N6O7P/c1-11(2)13(24-19(30)34-20(3,4)5)17(29)32-8-21(9-33-35-31)6-12(21)7-27-10-23-14-15(27)25-18(22)26-16(14)28/h7,10-11,13,35H,6,8-9H2,1-5H3,(H3-,22,24,25,26,28,30)/p+1/b12-7-/t13-,21?/m0/s1. The van der Waals surface area contributed by atoms with Crippen LogP contribution < -0.4 is 16.6 Å². The third-order valence-corrected chi connectivity index (χ3v) is 5.58. The first-order chi connectivity index (χ1) is 16.3. The van der Waals surface area contributed by atoms with Gasteiger partial charge in [-0.3, -0.25) is 14.3 Å². The summed E-state index contributed by atoms with van der Waals surface area (Å²) in [7, 11) is -0.987. The van der Waals surface area contributed by atoms with Gasteiger partial charge < -0.3 is 20.5 Å². The number of fused-ring (bicyclic) bond motifs is 1. The Balaban J connectivity index is 1.75. The second kappa shape index (κ2) is 10.1. The molecular formula is C21H30N6O7P+. The molecule has 0 spiro atoms. The molecule has 1 fully saturated rings. The number of nitrogen functional groups attached to an aromatic ring is 1. The molecule has 2 unspecified atom stereocenters. The Kier molecular flexibility index (Phi) is 7.61. The molecule has 0 aromatic carbocycles. The number of aromatic amines is 1. The number of hydrogen-bond acceptors (Lipinski definition) is 10. The van der Waals surface area contributed by atoms with E-state index in [1.165, 1.54) is 6.33 Å². The fraction of sp³-hybridized carbons (Fsp3) is 0.571. The topological polar surface area (TPSA) is 181 Å². The van der Waals surface area contributed by atoms with Crippen LogP contribution in [-0.4, -0.2) is 56.4 Å². The van der Waals surface area contributed by atoms with Crippen molar-refractivity contribution in [3.8, 4) is 0 Å². The number of aromatic nitrogens is 4. The number of H-pyrrole nitrogens is 1. The summed E-state index contributed by atoms with van der Waals surface area (Å²) in [6.45, 7) is 8.69. The molecule has 14 heteroatoms. The van der Waals surface area contributed by atoms with Gasteiger partial charge in [0.05, 0.1) is 5.41 Å². The Morgan fingerprint density at radius 1 is 1.37 bits per heavy atom. The van der Waals surface area contributed by atoms with Gasteiger partial charge in [-0.15, -0.1) is 4.52 Å². The highest BCUT2D eigenvalue weighted by atomic mass is 31.1. The smallest absolute Gasteiger partial charge is 0.463 e. The van der Waals surface area contributed by atoms with Gasteiger partial charge in [-0.05, 0) is 43.2 Å². The van der Waals surface area contributed by atoms with Gasteiger partial charge in [-0.2, -0.15) is 4.98 Å². The van der Waals surface area contributed by atoms with Gasteiger partial charge in [0.25, 0.3) is 5.56 Å². The number of esters is 1. The van der Waals surface area contributed by atoms with Crippen molar-refractivity contribution in [2.24, 2.45) is 11.3 Å². The van der Waals surface area contributed by atoms with Gasteiger partial charge in [-0.1, -0.05) is 13.8 Å². The van der Waals surface area contributed by atoms with E-state index >= 15 is 0 Å². The fourth-order valence-electron chi connectivity index (χ4n) is 3.44. The number of ether oxygens (including phenoxy) is 2. The number of rotatable bonds is 9. The lowest BCUT2D eigenvalue weighted by Crippen LogP contribution is -2.47. The molecule has 3 rings (SSSR count). The first-order valence-corrected chi connectivity index (χ1v) is 11.8. The maximum atomic E-state index is 12.8. The van der Waals surface area contributed by atoms with Crippen LogP contribution in [0.25, 0.3) is 17.4 Å². The first-order valence-electron chi connectivity index (χ1n) is 10.9. The molecule has 2 aromatic heterocycles. The van der Waals surface area contributed by atoms with Gasteiger partial charge in [-0.25, -0.2) is 14.6 Å². The predicted octanol–water partition coefficient (Wildman–Crippen LogP) is 1.98. The molecular weight excluding hydrogens is 479 g/mol. The molecule has 0 saturated heterocycles. The van der Waals surface area contributed by atoms with E-state index in [1.54, 1.807) is 45.4 Å². The predicted molar refractivity (Wildman–Crippen MR) is 128 cm³/mol. The van der Waals surface area contributed by atoms with Crippen molar-refractivity contribution in [2.45, 2.75) is 52.7 Å². The Labute approximate surface area is 202 Å². The van der Waals surface area contributed by atoms with Crippen molar-refractivity contribution >= 4 is 44.1 Å².